The molecular formula is C19H26N4O2. The van der Waals surface area contributed by atoms with Crippen molar-refractivity contribution in [2.45, 2.75) is 39.8 Å². The van der Waals surface area contributed by atoms with Crippen LogP contribution in [0.2, 0.25) is 0 Å². The summed E-state index contributed by atoms with van der Waals surface area (Å²) in [6.07, 6.45) is 0.295. The number of ether oxygens (including phenoxy) is 1. The summed E-state index contributed by atoms with van der Waals surface area (Å²) >= 11 is 0. The van der Waals surface area contributed by atoms with Gasteiger partial charge in [0.05, 0.1) is 17.9 Å². The Morgan fingerprint density at radius 1 is 1.36 bits per heavy atom. The number of anilines is 1. The number of fused-ring (bicyclic) bond motifs is 1. The van der Waals surface area contributed by atoms with E-state index < -0.39 is 6.10 Å². The predicted octanol–water partition coefficient (Wildman–Crippen LogP) is 2.08. The lowest BCUT2D eigenvalue weighted by Crippen LogP contribution is -2.48. The molecular weight excluding hydrogens is 316 g/mol. The molecule has 1 aromatic heterocycles. The van der Waals surface area contributed by atoms with Gasteiger partial charge in [-0.3, -0.25) is 9.48 Å². The summed E-state index contributed by atoms with van der Waals surface area (Å²) in [6.45, 7) is 8.18. The zero-order valence-electron chi connectivity index (χ0n) is 15.4. The van der Waals surface area contributed by atoms with Crippen LogP contribution in [0.1, 0.15) is 23.9 Å². The van der Waals surface area contributed by atoms with Crippen molar-refractivity contribution < 1.29 is 9.53 Å². The summed E-state index contributed by atoms with van der Waals surface area (Å²) in [5, 5.41) is 7.53. The van der Waals surface area contributed by atoms with Crippen molar-refractivity contribution in [1.29, 1.82) is 0 Å². The average molecular weight is 342 g/mol. The molecule has 0 spiro atoms. The molecule has 25 heavy (non-hydrogen) atoms. The van der Waals surface area contributed by atoms with Crippen molar-refractivity contribution in [1.82, 2.24) is 15.1 Å². The first-order chi connectivity index (χ1) is 12.0. The van der Waals surface area contributed by atoms with E-state index in [1.54, 1.807) is 0 Å². The van der Waals surface area contributed by atoms with Gasteiger partial charge in [0.2, 0.25) is 0 Å². The third-order valence-corrected chi connectivity index (χ3v) is 4.78. The molecule has 6 nitrogen and oxygen atoms in total. The molecule has 1 atom stereocenters. The average Bonchev–Trinajstić information content (AvgIpc) is 2.89. The highest BCUT2D eigenvalue weighted by molar-refractivity contribution is 5.83. The standard InChI is InChI=1S/C19H26N4O2/c1-5-23-14(3)15(13(2)21-23)10-11-20-19(24)18-12-22(4)16-8-6-7-9-17(16)25-18/h6-9,18H,5,10-12H2,1-4H3,(H,20,24)/t18-/m0/s1. The van der Waals surface area contributed by atoms with Crippen LogP contribution in [0.25, 0.3) is 0 Å². The molecule has 1 aliphatic rings. The maximum atomic E-state index is 12.5. The van der Waals surface area contributed by atoms with Gasteiger partial charge in [-0.15, -0.1) is 0 Å². The largest absolute Gasteiger partial charge is 0.477 e. The number of carbonyl (C=O) groups excluding carboxylic acids is 1. The third-order valence-electron chi connectivity index (χ3n) is 4.78. The van der Waals surface area contributed by atoms with Crippen molar-refractivity contribution >= 4 is 11.6 Å². The number of hydrogen-bond donors (Lipinski definition) is 1. The second-order valence-electron chi connectivity index (χ2n) is 6.46. The number of amides is 1. The number of hydrogen-bond acceptors (Lipinski definition) is 4. The van der Waals surface area contributed by atoms with Crippen LogP contribution in [0.3, 0.4) is 0 Å². The number of rotatable bonds is 5. The molecule has 0 saturated carbocycles. The van der Waals surface area contributed by atoms with E-state index in [0.717, 1.165) is 30.1 Å². The van der Waals surface area contributed by atoms with Gasteiger partial charge >= 0.3 is 0 Å². The number of aryl methyl sites for hydroxylation is 2. The van der Waals surface area contributed by atoms with Crippen LogP contribution in [-0.4, -0.2) is 41.9 Å². The molecule has 3 rings (SSSR count). The Hall–Kier alpha value is -2.50. The summed E-state index contributed by atoms with van der Waals surface area (Å²) in [4.78, 5) is 14.5. The van der Waals surface area contributed by atoms with Crippen LogP contribution in [0.15, 0.2) is 24.3 Å². The molecule has 2 heterocycles. The second-order valence-corrected chi connectivity index (χ2v) is 6.46. The van der Waals surface area contributed by atoms with Gasteiger partial charge in [-0.2, -0.15) is 5.10 Å². The zero-order valence-corrected chi connectivity index (χ0v) is 15.4. The molecule has 0 saturated heterocycles. The summed E-state index contributed by atoms with van der Waals surface area (Å²) in [6, 6.07) is 7.79. The molecule has 0 aliphatic carbocycles. The predicted molar refractivity (Wildman–Crippen MR) is 98.2 cm³/mol. The fraction of sp³-hybridized carbons (Fsp3) is 0.474. The quantitative estimate of drug-likeness (QED) is 0.904. The number of likely N-dealkylation sites (N-methyl/N-ethyl adjacent to an activating group) is 1. The fourth-order valence-electron chi connectivity index (χ4n) is 3.37. The van der Waals surface area contributed by atoms with E-state index in [4.69, 9.17) is 4.74 Å². The van der Waals surface area contributed by atoms with E-state index in [-0.39, 0.29) is 5.91 Å². The van der Waals surface area contributed by atoms with Gasteiger partial charge in [0, 0.05) is 25.8 Å². The van der Waals surface area contributed by atoms with Crippen molar-refractivity contribution in [2.75, 3.05) is 25.0 Å². The minimum Gasteiger partial charge on any atom is -0.477 e. The first kappa shape index (κ1) is 17.3. The van der Waals surface area contributed by atoms with Crippen LogP contribution >= 0.6 is 0 Å². The summed E-state index contributed by atoms with van der Waals surface area (Å²) in [5.41, 5.74) is 4.45. The number of para-hydroxylation sites is 2. The first-order valence-electron chi connectivity index (χ1n) is 8.78. The van der Waals surface area contributed by atoms with Gasteiger partial charge in [-0.05, 0) is 44.9 Å². The van der Waals surface area contributed by atoms with Crippen LogP contribution in [0.4, 0.5) is 5.69 Å². The Balaban J connectivity index is 1.58. The fourth-order valence-corrected chi connectivity index (χ4v) is 3.37. The smallest absolute Gasteiger partial charge is 0.262 e. The van der Waals surface area contributed by atoms with Gasteiger partial charge in [-0.25, -0.2) is 0 Å². The van der Waals surface area contributed by atoms with E-state index in [2.05, 4.69) is 29.2 Å². The molecule has 2 aromatic rings. The monoisotopic (exact) mass is 342 g/mol. The number of carbonyl (C=O) groups is 1. The number of benzene rings is 1. The van der Waals surface area contributed by atoms with E-state index in [9.17, 15) is 4.79 Å². The molecule has 6 heteroatoms. The van der Waals surface area contributed by atoms with Crippen molar-refractivity contribution in [3.8, 4) is 5.75 Å². The second kappa shape index (κ2) is 7.17. The molecule has 0 bridgehead atoms. The van der Waals surface area contributed by atoms with Gasteiger partial charge < -0.3 is 15.0 Å². The SMILES string of the molecule is CCn1nc(C)c(CCNC(=O)[C@@H]2CN(C)c3ccccc3O2)c1C. The van der Waals surface area contributed by atoms with E-state index in [1.165, 1.54) is 11.3 Å². The zero-order chi connectivity index (χ0) is 18.0. The van der Waals surface area contributed by atoms with Gasteiger partial charge in [0.25, 0.3) is 5.91 Å². The van der Waals surface area contributed by atoms with Crippen molar-refractivity contribution in [2.24, 2.45) is 0 Å². The highest BCUT2D eigenvalue weighted by Gasteiger charge is 2.28. The van der Waals surface area contributed by atoms with Crippen LogP contribution < -0.4 is 15.0 Å². The van der Waals surface area contributed by atoms with E-state index in [1.807, 2.05) is 42.9 Å². The Morgan fingerprint density at radius 3 is 2.84 bits per heavy atom. The summed E-state index contributed by atoms with van der Waals surface area (Å²) in [7, 11) is 1.98. The van der Waals surface area contributed by atoms with Crippen molar-refractivity contribution in [3.05, 3.63) is 41.2 Å². The lowest BCUT2D eigenvalue weighted by atomic mass is 10.1. The molecule has 0 radical (unpaired) electrons. The lowest BCUT2D eigenvalue weighted by Gasteiger charge is -2.32. The highest BCUT2D eigenvalue weighted by atomic mass is 16.5. The maximum absolute atomic E-state index is 12.5. The van der Waals surface area contributed by atoms with Gasteiger partial charge in [0.1, 0.15) is 5.75 Å². The normalized spacial score (nSPS) is 16.3. The number of nitrogens with zero attached hydrogens (tertiary/aromatic N) is 3. The number of aromatic nitrogens is 2. The van der Waals surface area contributed by atoms with Crippen LogP contribution in [-0.2, 0) is 17.8 Å². The maximum Gasteiger partial charge on any atom is 0.262 e. The molecule has 1 aromatic carbocycles. The van der Waals surface area contributed by atoms with Crippen LogP contribution in [0, 0.1) is 13.8 Å². The van der Waals surface area contributed by atoms with Crippen LogP contribution in [0.5, 0.6) is 5.75 Å². The Labute approximate surface area is 148 Å². The highest BCUT2D eigenvalue weighted by Crippen LogP contribution is 2.31. The van der Waals surface area contributed by atoms with Gasteiger partial charge in [0.15, 0.2) is 6.10 Å². The molecule has 1 amide bonds. The number of nitrogens with one attached hydrogen (secondary N) is 1. The summed E-state index contributed by atoms with van der Waals surface area (Å²) in [5.74, 6) is 0.687. The van der Waals surface area contributed by atoms with E-state index in [0.29, 0.717) is 13.1 Å². The Morgan fingerprint density at radius 2 is 2.12 bits per heavy atom. The Kier molecular flexibility index (Phi) is 4.97. The topological polar surface area (TPSA) is 59.4 Å². The lowest BCUT2D eigenvalue weighted by molar-refractivity contribution is -0.127. The third kappa shape index (κ3) is 3.48. The first-order valence-corrected chi connectivity index (χ1v) is 8.78. The molecule has 1 aliphatic heterocycles. The molecule has 0 fully saturated rings. The van der Waals surface area contributed by atoms with Crippen molar-refractivity contribution in [3.63, 3.8) is 0 Å². The summed E-state index contributed by atoms with van der Waals surface area (Å²) < 4.78 is 7.87. The van der Waals surface area contributed by atoms with E-state index >= 15 is 0 Å². The Bertz CT molecular complexity index is 769. The molecule has 134 valence electrons. The minimum atomic E-state index is -0.486. The van der Waals surface area contributed by atoms with Gasteiger partial charge in [-0.1, -0.05) is 12.1 Å². The molecule has 0 unspecified atom stereocenters. The minimum absolute atomic E-state index is 0.0699. The molecule has 1 N–H and O–H groups in total.